The third kappa shape index (κ3) is 5.64. The number of carbonyl (C=O) groups is 2. The summed E-state index contributed by atoms with van der Waals surface area (Å²) in [5.74, 6) is -1.14. The number of rotatable bonds is 6. The minimum absolute atomic E-state index is 0.00750. The number of hydrogen-bond acceptors (Lipinski definition) is 3. The minimum Gasteiger partial charge on any atom is -0.481 e. The smallest absolute Gasteiger partial charge is 0.305 e. The Morgan fingerprint density at radius 2 is 1.78 bits per heavy atom. The van der Waals surface area contributed by atoms with Crippen LogP contribution in [0.5, 0.6) is 0 Å². The topological polar surface area (TPSA) is 75.6 Å². The third-order valence-corrected chi connectivity index (χ3v) is 7.90. The molecule has 6 heteroatoms. The van der Waals surface area contributed by atoms with Crippen molar-refractivity contribution in [2.75, 3.05) is 7.05 Å². The van der Waals surface area contributed by atoms with Crippen LogP contribution in [-0.4, -0.2) is 38.5 Å². The largest absolute Gasteiger partial charge is 0.481 e. The van der Waals surface area contributed by atoms with E-state index >= 15 is 0 Å². The van der Waals surface area contributed by atoms with Crippen LogP contribution in [0.2, 0.25) is 18.1 Å². The maximum atomic E-state index is 11.4. The maximum absolute atomic E-state index is 11.4. The molecule has 0 unspecified atom stereocenters. The summed E-state index contributed by atoms with van der Waals surface area (Å²) in [5.41, 5.74) is 0. The Bertz CT molecular complexity index is 310. The number of carboxylic acid groups (broad SMARTS) is 1. The van der Waals surface area contributed by atoms with Crippen LogP contribution >= 0.6 is 0 Å². The highest BCUT2D eigenvalue weighted by Crippen LogP contribution is 2.37. The highest BCUT2D eigenvalue weighted by molar-refractivity contribution is 6.74. The predicted molar refractivity (Wildman–Crippen MR) is 73.0 cm³/mol. The lowest BCUT2D eigenvalue weighted by atomic mass is 10.2. The van der Waals surface area contributed by atoms with E-state index in [0.29, 0.717) is 0 Å². The molecule has 0 aromatic heterocycles. The van der Waals surface area contributed by atoms with Gasteiger partial charge in [0, 0.05) is 7.05 Å². The van der Waals surface area contributed by atoms with Crippen molar-refractivity contribution in [1.82, 2.24) is 5.32 Å². The highest BCUT2D eigenvalue weighted by Gasteiger charge is 2.39. The summed E-state index contributed by atoms with van der Waals surface area (Å²) in [5, 5.41) is 11.4. The van der Waals surface area contributed by atoms with Crippen molar-refractivity contribution >= 4 is 20.2 Å². The Labute approximate surface area is 110 Å². The van der Waals surface area contributed by atoms with Crippen molar-refractivity contribution in [1.29, 1.82) is 0 Å². The van der Waals surface area contributed by atoms with E-state index in [0.717, 1.165) is 0 Å². The van der Waals surface area contributed by atoms with Gasteiger partial charge in [-0.25, -0.2) is 0 Å². The van der Waals surface area contributed by atoms with Gasteiger partial charge in [0.1, 0.15) is 0 Å². The quantitative estimate of drug-likeness (QED) is 0.727. The molecule has 18 heavy (non-hydrogen) atoms. The summed E-state index contributed by atoms with van der Waals surface area (Å²) in [6, 6.07) is 0. The molecule has 1 amide bonds. The summed E-state index contributed by atoms with van der Waals surface area (Å²) in [7, 11) is -0.524. The van der Waals surface area contributed by atoms with Gasteiger partial charge in [-0.1, -0.05) is 20.8 Å². The van der Waals surface area contributed by atoms with E-state index in [9.17, 15) is 9.59 Å². The van der Waals surface area contributed by atoms with Crippen LogP contribution in [0.3, 0.4) is 0 Å². The van der Waals surface area contributed by atoms with Gasteiger partial charge in [-0.15, -0.1) is 0 Å². The zero-order valence-electron chi connectivity index (χ0n) is 12.2. The van der Waals surface area contributed by atoms with Gasteiger partial charge in [0.25, 0.3) is 0 Å². The second-order valence-corrected chi connectivity index (χ2v) is 10.7. The second kappa shape index (κ2) is 6.33. The van der Waals surface area contributed by atoms with Crippen molar-refractivity contribution in [3.05, 3.63) is 0 Å². The maximum Gasteiger partial charge on any atom is 0.305 e. The molecule has 1 atom stereocenters. The molecule has 0 rings (SSSR count). The van der Waals surface area contributed by atoms with Gasteiger partial charge < -0.3 is 14.8 Å². The van der Waals surface area contributed by atoms with Crippen molar-refractivity contribution < 1.29 is 19.1 Å². The van der Waals surface area contributed by atoms with Crippen LogP contribution in [0.4, 0.5) is 0 Å². The SMILES string of the molecule is CNC(=O)C[C@@H](CC(=O)O)O[Si](C)(C)C(C)(C)C. The van der Waals surface area contributed by atoms with Crippen LogP contribution in [0.25, 0.3) is 0 Å². The molecule has 2 N–H and O–H groups in total. The van der Waals surface area contributed by atoms with Crippen LogP contribution in [0.1, 0.15) is 33.6 Å². The fourth-order valence-corrected chi connectivity index (χ4v) is 2.61. The summed E-state index contributed by atoms with van der Waals surface area (Å²) in [6.07, 6.45) is -0.599. The molecule has 0 spiro atoms. The minimum atomic E-state index is -2.06. The monoisotopic (exact) mass is 275 g/mol. The third-order valence-electron chi connectivity index (χ3n) is 3.36. The first-order valence-corrected chi connectivity index (χ1v) is 9.00. The van der Waals surface area contributed by atoms with Crippen LogP contribution in [0.15, 0.2) is 0 Å². The molecular formula is C12H25NO4Si. The first-order valence-electron chi connectivity index (χ1n) is 6.10. The molecule has 0 heterocycles. The molecule has 0 saturated heterocycles. The van der Waals surface area contributed by atoms with Crippen LogP contribution < -0.4 is 5.32 Å². The summed E-state index contributed by atoms with van der Waals surface area (Å²) >= 11 is 0. The summed E-state index contributed by atoms with van der Waals surface area (Å²) in [6.45, 7) is 10.3. The number of carbonyl (C=O) groups excluding carboxylic acids is 1. The van der Waals surface area contributed by atoms with E-state index < -0.39 is 20.4 Å². The van der Waals surface area contributed by atoms with Gasteiger partial charge >= 0.3 is 5.97 Å². The Morgan fingerprint density at radius 3 is 2.11 bits per heavy atom. The molecule has 5 nitrogen and oxygen atoms in total. The van der Waals surface area contributed by atoms with E-state index in [1.54, 1.807) is 0 Å². The van der Waals surface area contributed by atoms with Crippen molar-refractivity contribution in [2.45, 2.75) is 57.8 Å². The molecule has 0 fully saturated rings. The molecule has 0 radical (unpaired) electrons. The Balaban J connectivity index is 4.78. The average Bonchev–Trinajstić information content (AvgIpc) is 2.13. The van der Waals surface area contributed by atoms with E-state index in [2.05, 4.69) is 26.1 Å². The van der Waals surface area contributed by atoms with Crippen molar-refractivity contribution in [3.63, 3.8) is 0 Å². The molecule has 0 aromatic rings. The number of hydrogen-bond donors (Lipinski definition) is 2. The molecule has 0 aliphatic heterocycles. The highest BCUT2D eigenvalue weighted by atomic mass is 28.4. The van der Waals surface area contributed by atoms with Gasteiger partial charge in [0.15, 0.2) is 8.32 Å². The van der Waals surface area contributed by atoms with Gasteiger partial charge in [-0.05, 0) is 18.1 Å². The molecule has 0 saturated carbocycles. The summed E-state index contributed by atoms with van der Waals surface area (Å²) in [4.78, 5) is 22.2. The lowest BCUT2D eigenvalue weighted by molar-refractivity contribution is -0.139. The molecule has 0 aliphatic carbocycles. The van der Waals surface area contributed by atoms with E-state index in [1.807, 2.05) is 13.1 Å². The number of nitrogens with one attached hydrogen (secondary N) is 1. The normalized spacial score (nSPS) is 14.1. The molecular weight excluding hydrogens is 250 g/mol. The lowest BCUT2D eigenvalue weighted by Crippen LogP contribution is -2.45. The van der Waals surface area contributed by atoms with Gasteiger partial charge in [0.2, 0.25) is 5.91 Å². The molecule has 106 valence electrons. The first-order chi connectivity index (χ1) is 7.99. The molecule has 0 aromatic carbocycles. The molecule has 0 bridgehead atoms. The average molecular weight is 275 g/mol. The van der Waals surface area contributed by atoms with Crippen LogP contribution in [-0.2, 0) is 14.0 Å². The Morgan fingerprint density at radius 1 is 1.28 bits per heavy atom. The Kier molecular flexibility index (Phi) is 6.02. The van der Waals surface area contributed by atoms with E-state index in [4.69, 9.17) is 9.53 Å². The van der Waals surface area contributed by atoms with Crippen LogP contribution in [0, 0.1) is 0 Å². The second-order valence-electron chi connectivity index (χ2n) is 5.98. The zero-order valence-corrected chi connectivity index (χ0v) is 13.2. The number of amides is 1. The van der Waals surface area contributed by atoms with E-state index in [1.165, 1.54) is 7.05 Å². The standard InChI is InChI=1S/C12H25NO4Si/c1-12(2,3)18(5,6)17-9(8-11(15)16)7-10(14)13-4/h9H,7-8H2,1-6H3,(H,13,14)(H,15,16)/t9-/m0/s1. The van der Waals surface area contributed by atoms with Crippen molar-refractivity contribution in [3.8, 4) is 0 Å². The fourth-order valence-electron chi connectivity index (χ4n) is 1.25. The van der Waals surface area contributed by atoms with E-state index in [-0.39, 0.29) is 23.8 Å². The summed E-state index contributed by atoms with van der Waals surface area (Å²) < 4.78 is 5.98. The number of carboxylic acids is 1. The lowest BCUT2D eigenvalue weighted by Gasteiger charge is -2.38. The van der Waals surface area contributed by atoms with Gasteiger partial charge in [-0.2, -0.15) is 0 Å². The van der Waals surface area contributed by atoms with Crippen molar-refractivity contribution in [2.24, 2.45) is 0 Å². The predicted octanol–water partition coefficient (Wildman–Crippen LogP) is 1.99. The fraction of sp³-hybridized carbons (Fsp3) is 0.833. The Hall–Kier alpha value is -0.883. The molecule has 0 aliphatic rings. The first kappa shape index (κ1) is 17.1. The zero-order chi connectivity index (χ0) is 14.6. The van der Waals surface area contributed by atoms with Gasteiger partial charge in [-0.3, -0.25) is 9.59 Å². The van der Waals surface area contributed by atoms with Gasteiger partial charge in [0.05, 0.1) is 18.9 Å². The number of aliphatic carboxylic acids is 1.